The molecule has 0 saturated heterocycles. The summed E-state index contributed by atoms with van der Waals surface area (Å²) in [6.45, 7) is 3.33. The Kier molecular flexibility index (Phi) is 5.04. The van der Waals surface area contributed by atoms with E-state index in [1.807, 2.05) is 19.0 Å². The fourth-order valence-corrected chi connectivity index (χ4v) is 1.81. The van der Waals surface area contributed by atoms with Gasteiger partial charge in [-0.25, -0.2) is 15.0 Å². The van der Waals surface area contributed by atoms with Gasteiger partial charge in [-0.15, -0.1) is 0 Å². The summed E-state index contributed by atoms with van der Waals surface area (Å²) in [5, 5.41) is 15.3. The summed E-state index contributed by atoms with van der Waals surface area (Å²) in [7, 11) is 3.77. The van der Waals surface area contributed by atoms with E-state index >= 15 is 0 Å². The van der Waals surface area contributed by atoms with Crippen molar-refractivity contribution >= 4 is 28.6 Å². The zero-order chi connectivity index (χ0) is 15.2. The van der Waals surface area contributed by atoms with Crippen LogP contribution in [0.3, 0.4) is 0 Å². The predicted octanol–water partition coefficient (Wildman–Crippen LogP) is 0.712. The second-order valence-electron chi connectivity index (χ2n) is 4.76. The van der Waals surface area contributed by atoms with Gasteiger partial charge in [0.2, 0.25) is 5.95 Å². The largest absolute Gasteiger partial charge is 0.395 e. The highest BCUT2D eigenvalue weighted by Crippen LogP contribution is 2.25. The molecule has 2 aromatic rings. The van der Waals surface area contributed by atoms with Gasteiger partial charge in [0.15, 0.2) is 11.6 Å². The Balaban J connectivity index is 2.54. The monoisotopic (exact) mass is 291 g/mol. The molecule has 2 rings (SSSR count). The molecule has 2 aromatic heterocycles. The Hall–Kier alpha value is -2.22. The molecule has 3 N–H and O–H groups in total. The van der Waals surface area contributed by atoms with Crippen LogP contribution in [-0.2, 0) is 0 Å². The van der Waals surface area contributed by atoms with Crippen molar-refractivity contribution in [3.05, 3.63) is 6.33 Å². The number of aromatic nitrogens is 4. The van der Waals surface area contributed by atoms with Crippen molar-refractivity contribution in [2.45, 2.75) is 13.3 Å². The second-order valence-corrected chi connectivity index (χ2v) is 4.76. The second kappa shape index (κ2) is 6.98. The fourth-order valence-electron chi connectivity index (χ4n) is 1.81. The molecule has 0 aliphatic rings. The van der Waals surface area contributed by atoms with Crippen LogP contribution < -0.4 is 15.5 Å². The summed E-state index contributed by atoms with van der Waals surface area (Å²) in [6.07, 6.45) is 2.46. The molecule has 0 spiro atoms. The SMILES string of the molecule is CCCNc1nc(N(C)C)nc2c(NCCO)ncnc12. The first-order valence-corrected chi connectivity index (χ1v) is 6.96. The zero-order valence-corrected chi connectivity index (χ0v) is 12.6. The molecular weight excluding hydrogens is 270 g/mol. The molecule has 8 heteroatoms. The van der Waals surface area contributed by atoms with E-state index in [1.165, 1.54) is 6.33 Å². The van der Waals surface area contributed by atoms with Crippen LogP contribution in [0.1, 0.15) is 13.3 Å². The summed E-state index contributed by atoms with van der Waals surface area (Å²) in [5.41, 5.74) is 1.31. The number of anilines is 3. The van der Waals surface area contributed by atoms with E-state index in [9.17, 15) is 0 Å². The van der Waals surface area contributed by atoms with Gasteiger partial charge in [-0.05, 0) is 6.42 Å². The van der Waals surface area contributed by atoms with Gasteiger partial charge in [-0.1, -0.05) is 6.92 Å². The number of fused-ring (bicyclic) bond motifs is 1. The molecule has 0 fully saturated rings. The van der Waals surface area contributed by atoms with E-state index in [2.05, 4.69) is 37.5 Å². The molecule has 0 radical (unpaired) electrons. The number of nitrogens with zero attached hydrogens (tertiary/aromatic N) is 5. The highest BCUT2D eigenvalue weighted by atomic mass is 16.3. The molecule has 0 unspecified atom stereocenters. The molecular formula is C13H21N7O. The van der Waals surface area contributed by atoms with Crippen molar-refractivity contribution in [2.24, 2.45) is 0 Å². The minimum atomic E-state index is 0.0259. The first kappa shape index (κ1) is 15.2. The normalized spacial score (nSPS) is 10.7. The maximum absolute atomic E-state index is 8.95. The minimum Gasteiger partial charge on any atom is -0.395 e. The Morgan fingerprint density at radius 1 is 1.05 bits per heavy atom. The first-order valence-electron chi connectivity index (χ1n) is 6.96. The molecule has 2 heterocycles. The van der Waals surface area contributed by atoms with Gasteiger partial charge in [0, 0.05) is 27.2 Å². The van der Waals surface area contributed by atoms with Crippen LogP contribution in [0.25, 0.3) is 11.0 Å². The summed E-state index contributed by atoms with van der Waals surface area (Å²) in [6, 6.07) is 0. The Bertz CT molecular complexity index is 602. The zero-order valence-electron chi connectivity index (χ0n) is 12.6. The molecule has 0 amide bonds. The average molecular weight is 291 g/mol. The molecule has 0 bridgehead atoms. The van der Waals surface area contributed by atoms with Crippen molar-refractivity contribution < 1.29 is 5.11 Å². The average Bonchev–Trinajstić information content (AvgIpc) is 2.50. The smallest absolute Gasteiger partial charge is 0.227 e. The lowest BCUT2D eigenvalue weighted by atomic mass is 10.3. The van der Waals surface area contributed by atoms with E-state index in [0.717, 1.165) is 13.0 Å². The molecule has 0 aliphatic carbocycles. The Labute approximate surface area is 123 Å². The van der Waals surface area contributed by atoms with E-state index in [1.54, 1.807) is 0 Å². The number of nitrogens with one attached hydrogen (secondary N) is 2. The molecule has 0 aromatic carbocycles. The number of aliphatic hydroxyl groups excluding tert-OH is 1. The van der Waals surface area contributed by atoms with Crippen molar-refractivity contribution in [3.8, 4) is 0 Å². The molecule has 0 atom stereocenters. The van der Waals surface area contributed by atoms with E-state index in [0.29, 0.717) is 35.2 Å². The van der Waals surface area contributed by atoms with Gasteiger partial charge >= 0.3 is 0 Å². The lowest BCUT2D eigenvalue weighted by molar-refractivity contribution is 0.311. The van der Waals surface area contributed by atoms with Crippen molar-refractivity contribution in [1.82, 2.24) is 19.9 Å². The highest BCUT2D eigenvalue weighted by Gasteiger charge is 2.14. The summed E-state index contributed by atoms with van der Waals surface area (Å²) in [5.74, 6) is 1.88. The number of hydrogen-bond acceptors (Lipinski definition) is 8. The number of aliphatic hydroxyl groups is 1. The summed E-state index contributed by atoms with van der Waals surface area (Å²) in [4.78, 5) is 19.3. The highest BCUT2D eigenvalue weighted by molar-refractivity contribution is 5.93. The Morgan fingerprint density at radius 2 is 1.81 bits per heavy atom. The molecule has 8 nitrogen and oxygen atoms in total. The van der Waals surface area contributed by atoms with Gasteiger partial charge in [0.25, 0.3) is 0 Å². The topological polar surface area (TPSA) is 99.1 Å². The van der Waals surface area contributed by atoms with Crippen LogP contribution in [0, 0.1) is 0 Å². The van der Waals surface area contributed by atoms with Crippen LogP contribution >= 0.6 is 0 Å². The number of rotatable bonds is 7. The van der Waals surface area contributed by atoms with Gasteiger partial charge in [0.1, 0.15) is 17.4 Å². The summed E-state index contributed by atoms with van der Waals surface area (Å²) >= 11 is 0. The van der Waals surface area contributed by atoms with Crippen molar-refractivity contribution in [3.63, 3.8) is 0 Å². The summed E-state index contributed by atoms with van der Waals surface area (Å²) < 4.78 is 0. The lowest BCUT2D eigenvalue weighted by Crippen LogP contribution is -2.16. The van der Waals surface area contributed by atoms with E-state index in [4.69, 9.17) is 5.11 Å². The van der Waals surface area contributed by atoms with Crippen LogP contribution in [0.5, 0.6) is 0 Å². The van der Waals surface area contributed by atoms with Crippen LogP contribution in [-0.4, -0.2) is 58.8 Å². The minimum absolute atomic E-state index is 0.0259. The van der Waals surface area contributed by atoms with Gasteiger partial charge in [-0.2, -0.15) is 4.98 Å². The quantitative estimate of drug-likeness (QED) is 0.686. The molecule has 21 heavy (non-hydrogen) atoms. The van der Waals surface area contributed by atoms with Crippen LogP contribution in [0.4, 0.5) is 17.6 Å². The van der Waals surface area contributed by atoms with E-state index in [-0.39, 0.29) is 6.61 Å². The van der Waals surface area contributed by atoms with Crippen molar-refractivity contribution in [2.75, 3.05) is 49.3 Å². The maximum atomic E-state index is 8.95. The third kappa shape index (κ3) is 3.46. The lowest BCUT2D eigenvalue weighted by Gasteiger charge is -2.15. The molecule has 114 valence electrons. The van der Waals surface area contributed by atoms with Crippen LogP contribution in [0.2, 0.25) is 0 Å². The van der Waals surface area contributed by atoms with Crippen LogP contribution in [0.15, 0.2) is 6.33 Å². The standard InChI is InChI=1S/C13H21N7O/c1-4-5-14-12-9-10(18-13(19-12)20(2)3)11(15-6-7-21)17-8-16-9/h8,21H,4-7H2,1-3H3,(H,14,18,19)(H,15,16,17). The fraction of sp³-hybridized carbons (Fsp3) is 0.538. The molecule has 0 aliphatic heterocycles. The predicted molar refractivity (Wildman–Crippen MR) is 83.8 cm³/mol. The van der Waals surface area contributed by atoms with Gasteiger partial charge in [-0.3, -0.25) is 0 Å². The number of hydrogen-bond donors (Lipinski definition) is 3. The van der Waals surface area contributed by atoms with Crippen molar-refractivity contribution in [1.29, 1.82) is 0 Å². The Morgan fingerprint density at radius 3 is 2.48 bits per heavy atom. The van der Waals surface area contributed by atoms with Gasteiger partial charge < -0.3 is 20.6 Å². The first-order chi connectivity index (χ1) is 10.2. The maximum Gasteiger partial charge on any atom is 0.227 e. The third-order valence-corrected chi connectivity index (χ3v) is 2.82. The molecule has 0 saturated carbocycles. The van der Waals surface area contributed by atoms with Gasteiger partial charge in [0.05, 0.1) is 6.61 Å². The van der Waals surface area contributed by atoms with E-state index < -0.39 is 0 Å². The third-order valence-electron chi connectivity index (χ3n) is 2.82.